The number of hydrogen-bond donors (Lipinski definition) is 0. The lowest BCUT2D eigenvalue weighted by Crippen LogP contribution is -2.33. The first-order valence-electron chi connectivity index (χ1n) is 9.67. The van der Waals surface area contributed by atoms with Crippen LogP contribution in [0.15, 0.2) is 77.9 Å². The van der Waals surface area contributed by atoms with E-state index in [0.29, 0.717) is 0 Å². The Hall–Kier alpha value is -3.47. The van der Waals surface area contributed by atoms with E-state index in [1.54, 1.807) is 14.2 Å². The lowest BCUT2D eigenvalue weighted by molar-refractivity contribution is -0.0204. The minimum atomic E-state index is -0.402. The molecular weight excluding hydrogens is 364 g/mol. The van der Waals surface area contributed by atoms with Crippen LogP contribution in [0.2, 0.25) is 0 Å². The molecular formula is C24H22N2O3. The Morgan fingerprint density at radius 1 is 0.897 bits per heavy atom. The molecule has 0 bridgehead atoms. The van der Waals surface area contributed by atoms with Crippen LogP contribution in [0.5, 0.6) is 17.2 Å². The average molecular weight is 386 g/mol. The van der Waals surface area contributed by atoms with Crippen molar-refractivity contribution in [1.82, 2.24) is 5.01 Å². The number of hydrogen-bond acceptors (Lipinski definition) is 5. The van der Waals surface area contributed by atoms with Crippen LogP contribution in [0.3, 0.4) is 0 Å². The third-order valence-electron chi connectivity index (χ3n) is 5.51. The molecule has 5 rings (SSSR count). The van der Waals surface area contributed by atoms with Crippen molar-refractivity contribution < 1.29 is 14.2 Å². The predicted molar refractivity (Wildman–Crippen MR) is 112 cm³/mol. The number of rotatable bonds is 4. The number of methoxy groups -OCH3 is 2. The van der Waals surface area contributed by atoms with Crippen molar-refractivity contribution in [3.8, 4) is 17.2 Å². The molecule has 2 heterocycles. The van der Waals surface area contributed by atoms with Gasteiger partial charge in [-0.1, -0.05) is 48.5 Å². The van der Waals surface area contributed by atoms with Crippen molar-refractivity contribution in [2.24, 2.45) is 5.10 Å². The lowest BCUT2D eigenvalue weighted by atomic mass is 9.96. The molecule has 0 aliphatic carbocycles. The summed E-state index contributed by atoms with van der Waals surface area (Å²) in [7, 11) is 3.33. The van der Waals surface area contributed by atoms with E-state index in [4.69, 9.17) is 19.3 Å². The Morgan fingerprint density at radius 3 is 2.48 bits per heavy atom. The Kier molecular flexibility index (Phi) is 4.35. The van der Waals surface area contributed by atoms with Gasteiger partial charge in [-0.3, -0.25) is 0 Å². The fraction of sp³-hybridized carbons (Fsp3) is 0.208. The molecule has 0 saturated carbocycles. The monoisotopic (exact) mass is 386 g/mol. The van der Waals surface area contributed by atoms with Crippen LogP contribution in [-0.2, 0) is 0 Å². The molecule has 0 aromatic heterocycles. The molecule has 0 fully saturated rings. The first-order valence-corrected chi connectivity index (χ1v) is 9.67. The van der Waals surface area contributed by atoms with Crippen molar-refractivity contribution in [3.63, 3.8) is 0 Å². The third-order valence-corrected chi connectivity index (χ3v) is 5.51. The van der Waals surface area contributed by atoms with Crippen molar-refractivity contribution in [2.75, 3.05) is 14.2 Å². The summed E-state index contributed by atoms with van der Waals surface area (Å²) >= 11 is 0. The number of benzene rings is 3. The highest BCUT2D eigenvalue weighted by Crippen LogP contribution is 2.49. The van der Waals surface area contributed by atoms with E-state index in [9.17, 15) is 0 Å². The number of nitrogens with zero attached hydrogens (tertiary/aromatic N) is 2. The molecule has 0 N–H and O–H groups in total. The van der Waals surface area contributed by atoms with Crippen LogP contribution in [0.4, 0.5) is 0 Å². The fourth-order valence-corrected chi connectivity index (χ4v) is 4.08. The van der Waals surface area contributed by atoms with Crippen LogP contribution in [0.25, 0.3) is 0 Å². The molecule has 29 heavy (non-hydrogen) atoms. The molecule has 2 aliphatic rings. The summed E-state index contributed by atoms with van der Waals surface area (Å²) in [5.74, 6) is 2.39. The molecule has 3 aromatic carbocycles. The maximum atomic E-state index is 6.44. The smallest absolute Gasteiger partial charge is 0.217 e. The summed E-state index contributed by atoms with van der Waals surface area (Å²) in [6, 6.07) is 24.4. The molecule has 5 heteroatoms. The van der Waals surface area contributed by atoms with Crippen LogP contribution >= 0.6 is 0 Å². The first-order chi connectivity index (χ1) is 14.3. The zero-order valence-electron chi connectivity index (χ0n) is 16.4. The van der Waals surface area contributed by atoms with Gasteiger partial charge in [-0.25, -0.2) is 5.01 Å². The molecule has 146 valence electrons. The molecule has 3 aromatic rings. The van der Waals surface area contributed by atoms with E-state index in [0.717, 1.165) is 46.1 Å². The molecule has 2 aliphatic heterocycles. The van der Waals surface area contributed by atoms with E-state index in [1.165, 1.54) is 0 Å². The zero-order chi connectivity index (χ0) is 19.8. The summed E-state index contributed by atoms with van der Waals surface area (Å²) in [5.41, 5.74) is 4.24. The highest BCUT2D eigenvalue weighted by Gasteiger charge is 2.41. The van der Waals surface area contributed by atoms with Crippen LogP contribution in [-0.4, -0.2) is 24.9 Å². The number of hydrazone groups is 1. The largest absolute Gasteiger partial charge is 0.497 e. The summed E-state index contributed by atoms with van der Waals surface area (Å²) in [6.07, 6.45) is 0.425. The van der Waals surface area contributed by atoms with Crippen LogP contribution in [0, 0.1) is 0 Å². The van der Waals surface area contributed by atoms with E-state index < -0.39 is 6.23 Å². The molecule has 0 saturated heterocycles. The Balaban J connectivity index is 1.63. The fourth-order valence-electron chi connectivity index (χ4n) is 4.08. The Bertz CT molecular complexity index is 1060. The summed E-state index contributed by atoms with van der Waals surface area (Å²) < 4.78 is 17.5. The molecule has 0 amide bonds. The van der Waals surface area contributed by atoms with Gasteiger partial charge in [0, 0.05) is 12.0 Å². The second-order valence-electron chi connectivity index (χ2n) is 7.13. The molecule has 0 radical (unpaired) electrons. The molecule has 5 nitrogen and oxygen atoms in total. The lowest BCUT2D eigenvalue weighted by Gasteiger charge is -2.38. The normalized spacial score (nSPS) is 19.7. The number of para-hydroxylation sites is 1. The van der Waals surface area contributed by atoms with Gasteiger partial charge in [-0.2, -0.15) is 5.10 Å². The van der Waals surface area contributed by atoms with Gasteiger partial charge in [0.2, 0.25) is 6.23 Å². The maximum absolute atomic E-state index is 6.44. The van der Waals surface area contributed by atoms with Gasteiger partial charge in [0.15, 0.2) is 0 Å². The highest BCUT2D eigenvalue weighted by molar-refractivity contribution is 6.01. The molecule has 0 unspecified atom stereocenters. The third kappa shape index (κ3) is 2.99. The second-order valence-corrected chi connectivity index (χ2v) is 7.13. The second kappa shape index (κ2) is 7.17. The van der Waals surface area contributed by atoms with Gasteiger partial charge >= 0.3 is 0 Å². The van der Waals surface area contributed by atoms with Gasteiger partial charge in [0.1, 0.15) is 17.2 Å². The van der Waals surface area contributed by atoms with E-state index in [1.807, 2.05) is 54.6 Å². The predicted octanol–water partition coefficient (Wildman–Crippen LogP) is 4.95. The topological polar surface area (TPSA) is 43.3 Å². The number of fused-ring (bicyclic) bond motifs is 3. The zero-order valence-corrected chi connectivity index (χ0v) is 16.4. The minimum absolute atomic E-state index is 0.107. The Labute approximate surface area is 170 Å². The summed E-state index contributed by atoms with van der Waals surface area (Å²) in [4.78, 5) is 0. The standard InChI is InChI=1S/C24H22N2O3/c1-27-17-12-13-22(28-2)19(14-17)24-26-21(18-10-6-7-11-23(18)29-24)15-20(25-26)16-8-4-3-5-9-16/h3-14,21,24H,15H2,1-2H3/t21-,24+/m0/s1. The van der Waals surface area contributed by atoms with Crippen LogP contribution < -0.4 is 14.2 Å². The van der Waals surface area contributed by atoms with Crippen molar-refractivity contribution in [2.45, 2.75) is 18.7 Å². The first kappa shape index (κ1) is 17.6. The van der Waals surface area contributed by atoms with Crippen molar-refractivity contribution >= 4 is 5.71 Å². The molecule has 0 spiro atoms. The van der Waals surface area contributed by atoms with Gasteiger partial charge in [0.25, 0.3) is 0 Å². The van der Waals surface area contributed by atoms with E-state index in [-0.39, 0.29) is 6.04 Å². The quantitative estimate of drug-likeness (QED) is 0.637. The Morgan fingerprint density at radius 2 is 1.69 bits per heavy atom. The number of ether oxygens (including phenoxy) is 3. The summed E-state index contributed by atoms with van der Waals surface area (Å²) in [5, 5.41) is 7.05. The van der Waals surface area contributed by atoms with Gasteiger partial charge in [-0.05, 0) is 29.8 Å². The minimum Gasteiger partial charge on any atom is -0.497 e. The van der Waals surface area contributed by atoms with Gasteiger partial charge in [-0.15, -0.1) is 0 Å². The van der Waals surface area contributed by atoms with E-state index >= 15 is 0 Å². The summed E-state index contributed by atoms with van der Waals surface area (Å²) in [6.45, 7) is 0. The van der Waals surface area contributed by atoms with Gasteiger partial charge < -0.3 is 14.2 Å². The van der Waals surface area contributed by atoms with E-state index in [2.05, 4.69) is 23.2 Å². The SMILES string of the molecule is COc1ccc(OC)c([C@H]2Oc3ccccc3[C@@H]3CC(c4ccccc4)=NN23)c1. The average Bonchev–Trinajstić information content (AvgIpc) is 3.24. The highest BCUT2D eigenvalue weighted by atomic mass is 16.5. The maximum Gasteiger partial charge on any atom is 0.217 e. The van der Waals surface area contributed by atoms with Gasteiger partial charge in [0.05, 0.1) is 31.5 Å². The van der Waals surface area contributed by atoms with Crippen molar-refractivity contribution in [1.29, 1.82) is 0 Å². The van der Waals surface area contributed by atoms with Crippen molar-refractivity contribution in [3.05, 3.63) is 89.5 Å². The van der Waals surface area contributed by atoms with Crippen LogP contribution in [0.1, 0.15) is 35.4 Å². The molecule has 2 atom stereocenters.